The minimum Gasteiger partial charge on any atom is -0.378 e. The number of likely N-dealkylation sites (N-methyl/N-ethyl adjacent to an activating group) is 1. The van der Waals surface area contributed by atoms with Gasteiger partial charge in [0, 0.05) is 51.5 Å². The summed E-state index contributed by atoms with van der Waals surface area (Å²) < 4.78 is 28.2. The van der Waals surface area contributed by atoms with Crippen LogP contribution < -0.4 is 10.2 Å². The molecule has 3 aromatic rings. The van der Waals surface area contributed by atoms with Gasteiger partial charge in [-0.2, -0.15) is 4.31 Å². The van der Waals surface area contributed by atoms with Crippen molar-refractivity contribution in [1.29, 1.82) is 0 Å². The molecule has 0 saturated carbocycles. The van der Waals surface area contributed by atoms with Crippen molar-refractivity contribution < 1.29 is 13.2 Å². The van der Waals surface area contributed by atoms with Crippen LogP contribution in [0.15, 0.2) is 47.4 Å². The molecule has 0 radical (unpaired) electrons. The number of thiazole rings is 1. The molecule has 2 aromatic carbocycles. The first-order valence-electron chi connectivity index (χ1n) is 9.92. The van der Waals surface area contributed by atoms with E-state index in [9.17, 15) is 13.2 Å². The van der Waals surface area contributed by atoms with E-state index in [0.29, 0.717) is 47.1 Å². The van der Waals surface area contributed by atoms with E-state index in [4.69, 9.17) is 0 Å². The summed E-state index contributed by atoms with van der Waals surface area (Å²) in [6.07, 6.45) is 0. The summed E-state index contributed by atoms with van der Waals surface area (Å²) in [5.74, 6) is -0.255. The fraction of sp³-hybridized carbons (Fsp3) is 0.333. The Bertz CT molecular complexity index is 1200. The third-order valence-electron chi connectivity index (χ3n) is 5.33. The maximum Gasteiger partial charge on any atom is 0.257 e. The van der Waals surface area contributed by atoms with Crippen LogP contribution in [0.4, 0.5) is 10.8 Å². The van der Waals surface area contributed by atoms with Gasteiger partial charge < -0.3 is 9.80 Å². The summed E-state index contributed by atoms with van der Waals surface area (Å²) in [5, 5.41) is 3.25. The molecule has 1 saturated heterocycles. The number of sulfonamides is 1. The largest absolute Gasteiger partial charge is 0.378 e. The van der Waals surface area contributed by atoms with Crippen molar-refractivity contribution in [2.45, 2.75) is 4.90 Å². The van der Waals surface area contributed by atoms with Gasteiger partial charge in [0.15, 0.2) is 5.13 Å². The van der Waals surface area contributed by atoms with Gasteiger partial charge in [0.25, 0.3) is 5.91 Å². The monoisotopic (exact) mass is 459 g/mol. The Kier molecular flexibility index (Phi) is 5.98. The number of nitrogens with one attached hydrogen (secondary N) is 1. The number of carbonyl (C=O) groups excluding carboxylic acids is 1. The molecule has 0 spiro atoms. The number of aromatic nitrogens is 1. The van der Waals surface area contributed by atoms with E-state index >= 15 is 0 Å². The van der Waals surface area contributed by atoms with Gasteiger partial charge in [-0.1, -0.05) is 11.3 Å². The quantitative estimate of drug-likeness (QED) is 0.631. The highest BCUT2D eigenvalue weighted by molar-refractivity contribution is 7.89. The molecule has 31 heavy (non-hydrogen) atoms. The summed E-state index contributed by atoms with van der Waals surface area (Å²) in [7, 11) is 2.31. The molecule has 1 aromatic heterocycles. The van der Waals surface area contributed by atoms with Gasteiger partial charge in [0.2, 0.25) is 10.0 Å². The third-order valence-corrected chi connectivity index (χ3v) is 8.15. The Labute approximate surface area is 186 Å². The van der Waals surface area contributed by atoms with Gasteiger partial charge in [-0.15, -0.1) is 0 Å². The molecule has 4 rings (SSSR count). The molecule has 1 aliphatic rings. The molecular formula is C21H25N5O3S2. The predicted octanol–water partition coefficient (Wildman–Crippen LogP) is 2.55. The summed E-state index contributed by atoms with van der Waals surface area (Å²) in [6, 6.07) is 12.2. The second kappa shape index (κ2) is 8.54. The fourth-order valence-corrected chi connectivity index (χ4v) is 5.80. The third kappa shape index (κ3) is 4.57. The van der Waals surface area contributed by atoms with Crippen molar-refractivity contribution in [3.05, 3.63) is 48.0 Å². The van der Waals surface area contributed by atoms with Gasteiger partial charge in [-0.05, 0) is 49.5 Å². The second-order valence-corrected chi connectivity index (χ2v) is 10.7. The zero-order valence-corrected chi connectivity index (χ0v) is 19.3. The van der Waals surface area contributed by atoms with E-state index in [0.717, 1.165) is 5.69 Å². The van der Waals surface area contributed by atoms with Crippen LogP contribution in [0.25, 0.3) is 10.2 Å². The molecule has 1 amide bonds. The zero-order chi connectivity index (χ0) is 22.2. The number of benzene rings is 2. The van der Waals surface area contributed by atoms with Gasteiger partial charge in [-0.25, -0.2) is 13.4 Å². The smallest absolute Gasteiger partial charge is 0.257 e. The molecule has 2 heterocycles. The standard InChI is InChI=1S/C21H25N5O3S2/c1-24(2)16-6-4-15(5-7-16)20(27)23-21-22-18-9-8-17(14-19(18)30-21)31(28,29)26-12-10-25(3)11-13-26/h4-9,14H,10-13H2,1-3H3,(H,22,23,27). The molecule has 1 fully saturated rings. The minimum atomic E-state index is -3.55. The summed E-state index contributed by atoms with van der Waals surface area (Å²) in [4.78, 5) is 21.3. The Morgan fingerprint density at radius 3 is 2.39 bits per heavy atom. The van der Waals surface area contributed by atoms with E-state index < -0.39 is 10.0 Å². The molecule has 8 nitrogen and oxygen atoms in total. The number of nitrogens with zero attached hydrogens (tertiary/aromatic N) is 4. The van der Waals surface area contributed by atoms with Gasteiger partial charge in [0.1, 0.15) is 0 Å². The minimum absolute atomic E-state index is 0.255. The summed E-state index contributed by atoms with van der Waals surface area (Å²) in [6.45, 7) is 2.39. The number of fused-ring (bicyclic) bond motifs is 1. The van der Waals surface area contributed by atoms with E-state index in [2.05, 4.69) is 15.2 Å². The lowest BCUT2D eigenvalue weighted by molar-refractivity contribution is 0.102. The van der Waals surface area contributed by atoms with E-state index in [1.807, 2.05) is 38.2 Å². The molecule has 0 bridgehead atoms. The van der Waals surface area contributed by atoms with Crippen LogP contribution in [0.3, 0.4) is 0 Å². The lowest BCUT2D eigenvalue weighted by Crippen LogP contribution is -2.46. The van der Waals surface area contributed by atoms with E-state index in [1.54, 1.807) is 30.3 Å². The van der Waals surface area contributed by atoms with Crippen molar-refractivity contribution in [1.82, 2.24) is 14.2 Å². The number of amides is 1. The average Bonchev–Trinajstić information content (AvgIpc) is 3.15. The highest BCUT2D eigenvalue weighted by atomic mass is 32.2. The summed E-state index contributed by atoms with van der Waals surface area (Å²) in [5.41, 5.74) is 2.19. The Morgan fingerprint density at radius 1 is 1.06 bits per heavy atom. The Morgan fingerprint density at radius 2 is 1.74 bits per heavy atom. The van der Waals surface area contributed by atoms with Crippen LogP contribution in [-0.4, -0.2) is 75.8 Å². The van der Waals surface area contributed by atoms with Crippen LogP contribution in [-0.2, 0) is 10.0 Å². The molecule has 1 N–H and O–H groups in total. The second-order valence-electron chi connectivity index (χ2n) is 7.75. The fourth-order valence-electron chi connectivity index (χ4n) is 3.38. The zero-order valence-electron chi connectivity index (χ0n) is 17.7. The number of rotatable bonds is 5. The van der Waals surface area contributed by atoms with Crippen molar-refractivity contribution in [3.8, 4) is 0 Å². The maximum atomic E-state index is 13.0. The van der Waals surface area contributed by atoms with Gasteiger partial charge in [0.05, 0.1) is 15.1 Å². The maximum absolute atomic E-state index is 13.0. The number of hydrogen-bond donors (Lipinski definition) is 1. The number of carbonyl (C=O) groups is 1. The van der Waals surface area contributed by atoms with Crippen molar-refractivity contribution in [3.63, 3.8) is 0 Å². The van der Waals surface area contributed by atoms with Crippen LogP contribution in [0.2, 0.25) is 0 Å². The first-order chi connectivity index (χ1) is 14.7. The van der Waals surface area contributed by atoms with Crippen molar-refractivity contribution in [2.24, 2.45) is 0 Å². The SMILES string of the molecule is CN1CCN(S(=O)(=O)c2ccc3nc(NC(=O)c4ccc(N(C)C)cc4)sc3c2)CC1. The molecule has 0 atom stereocenters. The topological polar surface area (TPSA) is 85.9 Å². The summed E-state index contributed by atoms with van der Waals surface area (Å²) >= 11 is 1.26. The number of hydrogen-bond acceptors (Lipinski definition) is 7. The van der Waals surface area contributed by atoms with Gasteiger partial charge in [-0.3, -0.25) is 10.1 Å². The lowest BCUT2D eigenvalue weighted by atomic mass is 10.2. The van der Waals surface area contributed by atoms with Crippen LogP contribution >= 0.6 is 11.3 Å². The highest BCUT2D eigenvalue weighted by Crippen LogP contribution is 2.30. The Hall–Kier alpha value is -2.53. The molecule has 1 aliphatic heterocycles. The first-order valence-corrected chi connectivity index (χ1v) is 12.2. The number of piperazine rings is 1. The average molecular weight is 460 g/mol. The number of anilines is 2. The van der Waals surface area contributed by atoms with Crippen molar-refractivity contribution >= 4 is 48.3 Å². The van der Waals surface area contributed by atoms with E-state index in [-0.39, 0.29) is 10.8 Å². The first kappa shape index (κ1) is 21.7. The molecule has 10 heteroatoms. The molecule has 164 valence electrons. The van der Waals surface area contributed by atoms with Crippen LogP contribution in [0.5, 0.6) is 0 Å². The van der Waals surface area contributed by atoms with Crippen molar-refractivity contribution in [2.75, 3.05) is 57.5 Å². The highest BCUT2D eigenvalue weighted by Gasteiger charge is 2.27. The Balaban J connectivity index is 1.53. The van der Waals surface area contributed by atoms with Crippen LogP contribution in [0.1, 0.15) is 10.4 Å². The lowest BCUT2D eigenvalue weighted by Gasteiger charge is -2.31. The van der Waals surface area contributed by atoms with E-state index in [1.165, 1.54) is 15.6 Å². The molecule has 0 aliphatic carbocycles. The normalized spacial score (nSPS) is 15.8. The van der Waals surface area contributed by atoms with Crippen LogP contribution in [0, 0.1) is 0 Å². The molecule has 0 unspecified atom stereocenters. The van der Waals surface area contributed by atoms with Gasteiger partial charge >= 0.3 is 0 Å². The molecular weight excluding hydrogens is 434 g/mol. The predicted molar refractivity (Wildman–Crippen MR) is 125 cm³/mol.